The lowest BCUT2D eigenvalue weighted by molar-refractivity contribution is -0.123. The lowest BCUT2D eigenvalue weighted by Gasteiger charge is -2.38. The third-order valence-corrected chi connectivity index (χ3v) is 5.86. The lowest BCUT2D eigenvalue weighted by Crippen LogP contribution is -2.47. The van der Waals surface area contributed by atoms with Crippen LogP contribution >= 0.6 is 0 Å². The molecule has 1 aromatic rings. The smallest absolute Gasteiger partial charge is 0.234 e. The Hall–Kier alpha value is -1.39. The number of nitrogens with one attached hydrogen (secondary N) is 1. The second kappa shape index (κ2) is 9.01. The van der Waals surface area contributed by atoms with E-state index in [1.807, 2.05) is 0 Å². The fourth-order valence-corrected chi connectivity index (χ4v) is 3.88. The van der Waals surface area contributed by atoms with Crippen molar-refractivity contribution in [3.63, 3.8) is 0 Å². The minimum Gasteiger partial charge on any atom is -0.381 e. The van der Waals surface area contributed by atoms with Crippen molar-refractivity contribution in [3.05, 3.63) is 35.9 Å². The van der Waals surface area contributed by atoms with Crippen molar-refractivity contribution in [3.8, 4) is 0 Å². The zero-order valence-corrected chi connectivity index (χ0v) is 16.4. The molecule has 2 fully saturated rings. The van der Waals surface area contributed by atoms with E-state index >= 15 is 0 Å². The second-order valence-electron chi connectivity index (χ2n) is 8.42. The Morgan fingerprint density at radius 3 is 2.54 bits per heavy atom. The van der Waals surface area contributed by atoms with Gasteiger partial charge in [0.15, 0.2) is 0 Å². The summed E-state index contributed by atoms with van der Waals surface area (Å²) in [6.45, 7) is 8.33. The summed E-state index contributed by atoms with van der Waals surface area (Å²) in [6.07, 6.45) is 5.59. The number of amides is 1. The molecule has 4 heteroatoms. The summed E-state index contributed by atoms with van der Waals surface area (Å²) in [5.74, 6) is 0.852. The molecule has 3 rings (SSSR count). The van der Waals surface area contributed by atoms with Crippen LogP contribution in [0.15, 0.2) is 30.3 Å². The van der Waals surface area contributed by atoms with Crippen molar-refractivity contribution in [2.75, 3.05) is 32.8 Å². The molecule has 1 N–H and O–H groups in total. The summed E-state index contributed by atoms with van der Waals surface area (Å²) >= 11 is 0. The van der Waals surface area contributed by atoms with Gasteiger partial charge in [-0.05, 0) is 50.1 Å². The number of nitrogens with zero attached hydrogens (tertiary/aromatic N) is 1. The van der Waals surface area contributed by atoms with Gasteiger partial charge >= 0.3 is 0 Å². The first kappa shape index (κ1) is 19.4. The number of rotatable bonds is 9. The van der Waals surface area contributed by atoms with Crippen LogP contribution in [0.25, 0.3) is 0 Å². The minimum atomic E-state index is 0.0114. The summed E-state index contributed by atoms with van der Waals surface area (Å²) < 4.78 is 5.59. The highest BCUT2D eigenvalue weighted by Gasteiger charge is 2.35. The van der Waals surface area contributed by atoms with Gasteiger partial charge < -0.3 is 10.1 Å². The molecule has 0 spiro atoms. The van der Waals surface area contributed by atoms with Crippen LogP contribution in [0.3, 0.4) is 0 Å². The average molecular weight is 359 g/mol. The predicted octanol–water partition coefficient (Wildman–Crippen LogP) is 3.36. The van der Waals surface area contributed by atoms with E-state index in [-0.39, 0.29) is 11.3 Å². The van der Waals surface area contributed by atoms with Gasteiger partial charge in [-0.2, -0.15) is 0 Å². The second-order valence-corrected chi connectivity index (χ2v) is 8.42. The Balaban J connectivity index is 1.57. The summed E-state index contributed by atoms with van der Waals surface area (Å²) in [5.41, 5.74) is 1.33. The molecule has 1 amide bonds. The molecular formula is C22H34N2O2. The number of hydrogen-bond donors (Lipinski definition) is 1. The van der Waals surface area contributed by atoms with Crippen molar-refractivity contribution in [2.24, 2.45) is 5.92 Å². The highest BCUT2D eigenvalue weighted by Crippen LogP contribution is 2.34. The van der Waals surface area contributed by atoms with Crippen LogP contribution in [0.4, 0.5) is 0 Å². The van der Waals surface area contributed by atoms with Crippen molar-refractivity contribution in [2.45, 2.75) is 57.4 Å². The van der Waals surface area contributed by atoms with E-state index in [2.05, 4.69) is 54.4 Å². The highest BCUT2D eigenvalue weighted by atomic mass is 16.5. The van der Waals surface area contributed by atoms with Crippen molar-refractivity contribution < 1.29 is 9.53 Å². The maximum absolute atomic E-state index is 12.7. The van der Waals surface area contributed by atoms with E-state index in [0.29, 0.717) is 25.0 Å². The van der Waals surface area contributed by atoms with Crippen LogP contribution in [0, 0.1) is 5.92 Å². The number of ether oxygens (including phenoxy) is 1. The molecule has 0 radical (unpaired) electrons. The van der Waals surface area contributed by atoms with Gasteiger partial charge in [0.1, 0.15) is 0 Å². The first-order valence-corrected chi connectivity index (χ1v) is 10.2. The highest BCUT2D eigenvalue weighted by molar-refractivity contribution is 5.78. The van der Waals surface area contributed by atoms with E-state index in [1.165, 1.54) is 18.4 Å². The Morgan fingerprint density at radius 2 is 1.92 bits per heavy atom. The van der Waals surface area contributed by atoms with Crippen LogP contribution < -0.4 is 5.32 Å². The Morgan fingerprint density at radius 1 is 1.23 bits per heavy atom. The summed E-state index contributed by atoms with van der Waals surface area (Å²) in [5, 5.41) is 3.26. The molecule has 4 nitrogen and oxygen atoms in total. The normalized spacial score (nSPS) is 19.7. The molecule has 1 heterocycles. The fourth-order valence-electron chi connectivity index (χ4n) is 3.88. The minimum absolute atomic E-state index is 0.0114. The Labute approximate surface area is 158 Å². The van der Waals surface area contributed by atoms with Crippen molar-refractivity contribution in [1.82, 2.24) is 10.2 Å². The summed E-state index contributed by atoms with van der Waals surface area (Å²) in [6, 6.07) is 11.3. The van der Waals surface area contributed by atoms with Gasteiger partial charge in [-0.3, -0.25) is 9.69 Å². The standard InChI is InChI=1S/C22H34N2O2/c1-18(2)10-13-24(20-8-9-20)16-21(25)23-17-22(11-14-26-15-12-22)19-6-4-3-5-7-19/h3-7,18,20H,8-17H2,1-2H3,(H,23,25). The number of hydrogen-bond acceptors (Lipinski definition) is 3. The molecule has 0 aromatic heterocycles. The molecule has 0 bridgehead atoms. The molecule has 0 unspecified atom stereocenters. The monoisotopic (exact) mass is 358 g/mol. The van der Waals surface area contributed by atoms with Gasteiger partial charge in [0.25, 0.3) is 0 Å². The van der Waals surface area contributed by atoms with E-state index in [9.17, 15) is 4.79 Å². The van der Waals surface area contributed by atoms with Gasteiger partial charge in [0.2, 0.25) is 5.91 Å². The third-order valence-electron chi connectivity index (χ3n) is 5.86. The molecule has 144 valence electrons. The van der Waals surface area contributed by atoms with E-state index < -0.39 is 0 Å². The largest absolute Gasteiger partial charge is 0.381 e. The Kier molecular flexibility index (Phi) is 6.71. The van der Waals surface area contributed by atoms with Gasteiger partial charge in [-0.25, -0.2) is 0 Å². The molecule has 26 heavy (non-hydrogen) atoms. The third kappa shape index (κ3) is 5.31. The number of benzene rings is 1. The van der Waals surface area contributed by atoms with Crippen LogP contribution in [0.2, 0.25) is 0 Å². The summed E-state index contributed by atoms with van der Waals surface area (Å²) in [7, 11) is 0. The van der Waals surface area contributed by atoms with E-state index in [0.717, 1.165) is 39.0 Å². The van der Waals surface area contributed by atoms with E-state index in [1.54, 1.807) is 0 Å². The number of carbonyl (C=O) groups is 1. The molecule has 0 atom stereocenters. The lowest BCUT2D eigenvalue weighted by atomic mass is 9.74. The fraction of sp³-hybridized carbons (Fsp3) is 0.682. The van der Waals surface area contributed by atoms with Crippen molar-refractivity contribution in [1.29, 1.82) is 0 Å². The van der Waals surface area contributed by atoms with Gasteiger partial charge in [-0.15, -0.1) is 0 Å². The average Bonchev–Trinajstić information content (AvgIpc) is 3.50. The first-order chi connectivity index (χ1) is 12.6. The first-order valence-electron chi connectivity index (χ1n) is 10.2. The van der Waals surface area contributed by atoms with Gasteiger partial charge in [0, 0.05) is 31.2 Å². The SMILES string of the molecule is CC(C)CCN(CC(=O)NCC1(c2ccccc2)CCOCC1)C1CC1. The topological polar surface area (TPSA) is 41.6 Å². The molecule has 1 aliphatic carbocycles. The molecule has 1 aromatic carbocycles. The zero-order valence-electron chi connectivity index (χ0n) is 16.4. The van der Waals surface area contributed by atoms with Crippen LogP contribution in [0.5, 0.6) is 0 Å². The molecule has 1 saturated heterocycles. The summed E-state index contributed by atoms with van der Waals surface area (Å²) in [4.78, 5) is 15.0. The predicted molar refractivity (Wildman–Crippen MR) is 105 cm³/mol. The zero-order chi connectivity index (χ0) is 18.4. The molecular weight excluding hydrogens is 324 g/mol. The van der Waals surface area contributed by atoms with Gasteiger partial charge in [0.05, 0.1) is 6.54 Å². The van der Waals surface area contributed by atoms with Gasteiger partial charge in [-0.1, -0.05) is 44.2 Å². The molecule has 1 aliphatic heterocycles. The number of carbonyl (C=O) groups excluding carboxylic acids is 1. The van der Waals surface area contributed by atoms with Crippen LogP contribution in [-0.2, 0) is 14.9 Å². The van der Waals surface area contributed by atoms with Crippen LogP contribution in [-0.4, -0.2) is 49.7 Å². The van der Waals surface area contributed by atoms with Crippen LogP contribution in [0.1, 0.15) is 51.5 Å². The maximum atomic E-state index is 12.7. The van der Waals surface area contributed by atoms with Crippen molar-refractivity contribution >= 4 is 5.91 Å². The molecule has 2 aliphatic rings. The maximum Gasteiger partial charge on any atom is 0.234 e. The molecule has 1 saturated carbocycles. The Bertz CT molecular complexity index is 563. The van der Waals surface area contributed by atoms with E-state index in [4.69, 9.17) is 4.74 Å². The quantitative estimate of drug-likeness (QED) is 0.736.